The lowest BCUT2D eigenvalue weighted by Gasteiger charge is -2.31. The van der Waals surface area contributed by atoms with E-state index in [1.807, 2.05) is 65.0 Å². The molecule has 1 amide bonds. The summed E-state index contributed by atoms with van der Waals surface area (Å²) in [6.45, 7) is 10.2. The quantitative estimate of drug-likeness (QED) is 0.803. The maximum atomic E-state index is 12.4. The number of hydrogen-bond donors (Lipinski definition) is 2. The molecule has 1 unspecified atom stereocenters. The lowest BCUT2D eigenvalue weighted by Crippen LogP contribution is -2.48. The fourth-order valence-corrected chi connectivity index (χ4v) is 2.37. The molecule has 0 bridgehead atoms. The number of rotatable bonds is 7. The van der Waals surface area contributed by atoms with E-state index in [0.717, 1.165) is 5.56 Å². The number of nitrogens with zero attached hydrogens (tertiary/aromatic N) is 1. The zero-order valence-electron chi connectivity index (χ0n) is 15.5. The summed E-state index contributed by atoms with van der Waals surface area (Å²) >= 11 is 0. The van der Waals surface area contributed by atoms with Crippen LogP contribution in [0.3, 0.4) is 0 Å². The number of benzene rings is 1. The van der Waals surface area contributed by atoms with E-state index >= 15 is 0 Å². The van der Waals surface area contributed by atoms with E-state index in [4.69, 9.17) is 10.5 Å². The molecular formula is C19H32N2O3. The van der Waals surface area contributed by atoms with Crippen molar-refractivity contribution in [3.63, 3.8) is 0 Å². The molecule has 3 N–H and O–H groups in total. The first-order valence-corrected chi connectivity index (χ1v) is 8.54. The molecule has 0 aliphatic carbocycles. The standard InChI is InChI=1S/C19H32N2O3/c1-14(2)12-21(18(23)24-19(3,4)5)13-17(22)16(20)11-15-9-7-6-8-10-15/h6-10,14,16-17,22H,11-13,20H2,1-5H3/t16?,17-/m1/s1. The second-order valence-electron chi connectivity index (χ2n) is 7.70. The SMILES string of the molecule is CC(C)CN(C[C@@H](O)C(N)Cc1ccccc1)C(=O)OC(C)(C)C. The average Bonchev–Trinajstić information content (AvgIpc) is 2.45. The first kappa shape index (κ1) is 20.5. The van der Waals surface area contributed by atoms with Gasteiger partial charge in [0.1, 0.15) is 5.60 Å². The second kappa shape index (κ2) is 9.04. The number of ether oxygens (including phenoxy) is 1. The van der Waals surface area contributed by atoms with Gasteiger partial charge in [-0.2, -0.15) is 0 Å². The Morgan fingerprint density at radius 2 is 1.79 bits per heavy atom. The maximum absolute atomic E-state index is 12.4. The number of amides is 1. The van der Waals surface area contributed by atoms with Crippen molar-refractivity contribution in [2.45, 2.75) is 58.8 Å². The number of carbonyl (C=O) groups is 1. The highest BCUT2D eigenvalue weighted by Crippen LogP contribution is 2.13. The largest absolute Gasteiger partial charge is 0.444 e. The van der Waals surface area contributed by atoms with Crippen LogP contribution in [0.4, 0.5) is 4.79 Å². The van der Waals surface area contributed by atoms with Crippen LogP contribution in [-0.2, 0) is 11.2 Å². The Morgan fingerprint density at radius 1 is 1.21 bits per heavy atom. The molecule has 5 nitrogen and oxygen atoms in total. The van der Waals surface area contributed by atoms with Crippen molar-refractivity contribution in [3.05, 3.63) is 35.9 Å². The predicted octanol–water partition coefficient (Wildman–Crippen LogP) is 2.81. The molecule has 0 saturated heterocycles. The monoisotopic (exact) mass is 336 g/mol. The maximum Gasteiger partial charge on any atom is 0.410 e. The summed E-state index contributed by atoms with van der Waals surface area (Å²) in [5.41, 5.74) is 6.63. The van der Waals surface area contributed by atoms with Crippen LogP contribution in [-0.4, -0.2) is 46.9 Å². The molecule has 1 rings (SSSR count). The van der Waals surface area contributed by atoms with Gasteiger partial charge in [0.05, 0.1) is 12.6 Å². The minimum atomic E-state index is -0.809. The highest BCUT2D eigenvalue weighted by atomic mass is 16.6. The Hall–Kier alpha value is -1.59. The average molecular weight is 336 g/mol. The van der Waals surface area contributed by atoms with Crippen LogP contribution in [0.2, 0.25) is 0 Å². The molecule has 0 aromatic heterocycles. The van der Waals surface area contributed by atoms with E-state index in [2.05, 4.69) is 0 Å². The Balaban J connectivity index is 2.68. The Bertz CT molecular complexity index is 497. The molecule has 5 heteroatoms. The molecule has 0 aliphatic heterocycles. The van der Waals surface area contributed by atoms with Gasteiger partial charge in [-0.3, -0.25) is 0 Å². The number of aliphatic hydroxyl groups excluding tert-OH is 1. The number of nitrogens with two attached hydrogens (primary N) is 1. The number of aliphatic hydroxyl groups is 1. The van der Waals surface area contributed by atoms with Crippen molar-refractivity contribution >= 4 is 6.09 Å². The molecule has 0 heterocycles. The normalized spacial score (nSPS) is 14.3. The fourth-order valence-electron chi connectivity index (χ4n) is 2.37. The highest BCUT2D eigenvalue weighted by molar-refractivity contribution is 5.68. The van der Waals surface area contributed by atoms with Crippen LogP contribution < -0.4 is 5.73 Å². The first-order valence-electron chi connectivity index (χ1n) is 8.54. The topological polar surface area (TPSA) is 75.8 Å². The second-order valence-corrected chi connectivity index (χ2v) is 7.70. The van der Waals surface area contributed by atoms with Gasteiger partial charge in [-0.05, 0) is 38.7 Å². The van der Waals surface area contributed by atoms with Crippen molar-refractivity contribution in [2.24, 2.45) is 11.7 Å². The molecule has 24 heavy (non-hydrogen) atoms. The minimum absolute atomic E-state index is 0.168. The Kier molecular flexibility index (Phi) is 7.70. The molecule has 0 fully saturated rings. The van der Waals surface area contributed by atoms with Gasteiger partial charge in [-0.1, -0.05) is 44.2 Å². The van der Waals surface area contributed by atoms with Gasteiger partial charge < -0.3 is 20.5 Å². The van der Waals surface area contributed by atoms with E-state index in [9.17, 15) is 9.90 Å². The molecule has 0 spiro atoms. The molecule has 0 saturated carbocycles. The van der Waals surface area contributed by atoms with Crippen molar-refractivity contribution in [3.8, 4) is 0 Å². The van der Waals surface area contributed by atoms with Crippen LogP contribution in [0.25, 0.3) is 0 Å². The predicted molar refractivity (Wildman–Crippen MR) is 96.8 cm³/mol. The van der Waals surface area contributed by atoms with Gasteiger partial charge in [-0.15, -0.1) is 0 Å². The van der Waals surface area contributed by atoms with Crippen molar-refractivity contribution in [1.82, 2.24) is 4.90 Å². The van der Waals surface area contributed by atoms with Gasteiger partial charge in [0.25, 0.3) is 0 Å². The van der Waals surface area contributed by atoms with Crippen molar-refractivity contribution in [2.75, 3.05) is 13.1 Å². The molecule has 1 aromatic carbocycles. The van der Waals surface area contributed by atoms with Crippen LogP contribution in [0.1, 0.15) is 40.2 Å². The van der Waals surface area contributed by atoms with E-state index in [0.29, 0.717) is 13.0 Å². The van der Waals surface area contributed by atoms with Crippen molar-refractivity contribution < 1.29 is 14.6 Å². The third-order valence-electron chi connectivity index (χ3n) is 3.45. The Morgan fingerprint density at radius 3 is 2.29 bits per heavy atom. The smallest absolute Gasteiger partial charge is 0.410 e. The summed E-state index contributed by atoms with van der Waals surface area (Å²) in [5.74, 6) is 0.273. The minimum Gasteiger partial charge on any atom is -0.444 e. The summed E-state index contributed by atoms with van der Waals surface area (Å²) in [4.78, 5) is 13.9. The zero-order valence-corrected chi connectivity index (χ0v) is 15.5. The highest BCUT2D eigenvalue weighted by Gasteiger charge is 2.26. The van der Waals surface area contributed by atoms with Gasteiger partial charge in [-0.25, -0.2) is 4.79 Å². The Labute approximate surface area is 145 Å². The van der Waals surface area contributed by atoms with Crippen LogP contribution in [0, 0.1) is 5.92 Å². The van der Waals surface area contributed by atoms with E-state index in [1.54, 1.807) is 4.90 Å². The van der Waals surface area contributed by atoms with Gasteiger partial charge in [0, 0.05) is 12.6 Å². The van der Waals surface area contributed by atoms with E-state index in [-0.39, 0.29) is 12.5 Å². The van der Waals surface area contributed by atoms with Crippen molar-refractivity contribution in [1.29, 1.82) is 0 Å². The van der Waals surface area contributed by atoms with Gasteiger partial charge in [0.15, 0.2) is 0 Å². The number of hydrogen-bond acceptors (Lipinski definition) is 4. The summed E-state index contributed by atoms with van der Waals surface area (Å²) in [6.07, 6.45) is -0.662. The lowest BCUT2D eigenvalue weighted by molar-refractivity contribution is 0.00943. The van der Waals surface area contributed by atoms with Crippen LogP contribution in [0.15, 0.2) is 30.3 Å². The van der Waals surface area contributed by atoms with E-state index < -0.39 is 23.8 Å². The third-order valence-corrected chi connectivity index (χ3v) is 3.45. The number of carbonyl (C=O) groups excluding carboxylic acids is 1. The molecule has 2 atom stereocenters. The van der Waals surface area contributed by atoms with Crippen LogP contribution >= 0.6 is 0 Å². The molecule has 1 aromatic rings. The van der Waals surface area contributed by atoms with Gasteiger partial charge in [0.2, 0.25) is 0 Å². The molecule has 0 radical (unpaired) electrons. The zero-order chi connectivity index (χ0) is 18.3. The summed E-state index contributed by atoms with van der Waals surface area (Å²) in [5, 5.41) is 10.4. The lowest BCUT2D eigenvalue weighted by atomic mass is 10.0. The summed E-state index contributed by atoms with van der Waals surface area (Å²) in [7, 11) is 0. The summed E-state index contributed by atoms with van der Waals surface area (Å²) in [6, 6.07) is 9.35. The van der Waals surface area contributed by atoms with E-state index in [1.165, 1.54) is 0 Å². The van der Waals surface area contributed by atoms with Gasteiger partial charge >= 0.3 is 6.09 Å². The first-order chi connectivity index (χ1) is 11.1. The molecule has 136 valence electrons. The fraction of sp³-hybridized carbons (Fsp3) is 0.632. The molecular weight excluding hydrogens is 304 g/mol. The summed E-state index contributed by atoms with van der Waals surface area (Å²) < 4.78 is 5.43. The molecule has 0 aliphatic rings. The third kappa shape index (κ3) is 7.79. The van der Waals surface area contributed by atoms with Crippen LogP contribution in [0.5, 0.6) is 0 Å².